The molecule has 9 nitrogen and oxygen atoms in total. The molecule has 3 unspecified atom stereocenters. The van der Waals surface area contributed by atoms with Gasteiger partial charge in [0.25, 0.3) is 0 Å². The summed E-state index contributed by atoms with van der Waals surface area (Å²) in [5, 5.41) is 3.05. The van der Waals surface area contributed by atoms with Crippen molar-refractivity contribution in [3.63, 3.8) is 0 Å². The minimum atomic E-state index is -4.46. The number of phosphoric acid groups is 1. The maximum Gasteiger partial charge on any atom is 0.472 e. The molecule has 0 rings (SSSR count). The second-order valence-corrected chi connectivity index (χ2v) is 25.8. The Morgan fingerprint density at radius 1 is 0.444 bits per heavy atom. The number of carbonyl (C=O) groups excluding carboxylic acids is 2. The number of allylic oxidation sites excluding steroid dienone is 11. The summed E-state index contributed by atoms with van der Waals surface area (Å²) >= 11 is 0. The smallest absolute Gasteiger partial charge is 0.456 e. The molecule has 81 heavy (non-hydrogen) atoms. The van der Waals surface area contributed by atoms with Crippen molar-refractivity contribution in [3.05, 3.63) is 72.9 Å². The van der Waals surface area contributed by atoms with Crippen LogP contribution in [0.3, 0.4) is 0 Å². The largest absolute Gasteiger partial charge is 0.472 e. The second-order valence-electron chi connectivity index (χ2n) is 24.3. The lowest BCUT2D eigenvalue weighted by atomic mass is 10.0. The van der Waals surface area contributed by atoms with Gasteiger partial charge in [-0.2, -0.15) is 0 Å². The lowest BCUT2D eigenvalue weighted by molar-refractivity contribution is -0.870. The van der Waals surface area contributed by atoms with E-state index in [1.54, 1.807) is 0 Å². The monoisotopic (exact) mass is 1160 g/mol. The molecule has 0 aliphatic rings. The number of nitrogens with one attached hydrogen (secondary N) is 1. The van der Waals surface area contributed by atoms with E-state index in [9.17, 15) is 19.0 Å². The molecule has 0 fully saturated rings. The van der Waals surface area contributed by atoms with Crippen molar-refractivity contribution in [2.45, 2.75) is 328 Å². The average molecular weight is 1160 g/mol. The van der Waals surface area contributed by atoms with E-state index in [0.717, 1.165) is 77.0 Å². The highest BCUT2D eigenvalue weighted by Gasteiger charge is 2.30. The van der Waals surface area contributed by atoms with E-state index in [1.807, 2.05) is 33.3 Å². The van der Waals surface area contributed by atoms with E-state index in [4.69, 9.17) is 13.8 Å². The third-order valence-corrected chi connectivity index (χ3v) is 16.1. The summed E-state index contributed by atoms with van der Waals surface area (Å²) in [4.78, 5) is 37.7. The molecule has 3 atom stereocenters. The SMILES string of the molecule is CC/C=C\C/C=C\C/C=C\C/C=C\C/C=C\CCCC(=O)OC(/C=C\CCCCCCCCCCC)C(COP(=O)(O)OCC[N+](C)(C)C)NC(=O)CCCCCCCCCCCCCCCCCCCCCCCCCCCCC. The lowest BCUT2D eigenvalue weighted by Gasteiger charge is -2.27. The van der Waals surface area contributed by atoms with Crippen molar-refractivity contribution in [3.8, 4) is 0 Å². The number of rotatable bonds is 62. The molecule has 0 aromatic heterocycles. The highest BCUT2D eigenvalue weighted by molar-refractivity contribution is 7.47. The Balaban J connectivity index is 5.03. The Kier molecular flexibility index (Phi) is 58.7. The zero-order valence-electron chi connectivity index (χ0n) is 54.0. The molecule has 0 aliphatic carbocycles. The molecule has 0 spiro atoms. The fourth-order valence-corrected chi connectivity index (χ4v) is 10.7. The Morgan fingerprint density at radius 3 is 1.20 bits per heavy atom. The van der Waals surface area contributed by atoms with Gasteiger partial charge in [-0.25, -0.2) is 4.57 Å². The number of esters is 1. The van der Waals surface area contributed by atoms with E-state index in [2.05, 4.69) is 86.8 Å². The predicted octanol–water partition coefficient (Wildman–Crippen LogP) is 21.6. The van der Waals surface area contributed by atoms with E-state index in [0.29, 0.717) is 23.9 Å². The molecular formula is C71H132N2O7P+. The maximum atomic E-state index is 13.6. The minimum absolute atomic E-state index is 0.0306. The summed E-state index contributed by atoms with van der Waals surface area (Å²) in [6.45, 7) is 6.89. The molecular weight excluding hydrogens is 1020 g/mol. The van der Waals surface area contributed by atoms with Crippen LogP contribution in [0.15, 0.2) is 72.9 Å². The number of likely N-dealkylation sites (N-methyl/N-ethyl adjacent to an activating group) is 1. The van der Waals surface area contributed by atoms with Crippen LogP contribution in [0.2, 0.25) is 0 Å². The maximum absolute atomic E-state index is 13.6. The third kappa shape index (κ3) is 61.8. The molecule has 0 heterocycles. The summed E-state index contributed by atoms with van der Waals surface area (Å²) < 4.78 is 30.7. The number of amides is 1. The van der Waals surface area contributed by atoms with Crippen LogP contribution in [0.4, 0.5) is 0 Å². The topological polar surface area (TPSA) is 111 Å². The number of quaternary nitrogens is 1. The molecule has 1 amide bonds. The highest BCUT2D eigenvalue weighted by Crippen LogP contribution is 2.43. The minimum Gasteiger partial charge on any atom is -0.456 e. The molecule has 0 bridgehead atoms. The quantitative estimate of drug-likeness (QED) is 0.0205. The second kappa shape index (κ2) is 60.6. The molecule has 0 radical (unpaired) electrons. The number of ether oxygens (including phenoxy) is 1. The third-order valence-electron chi connectivity index (χ3n) is 15.2. The predicted molar refractivity (Wildman–Crippen MR) is 351 cm³/mol. The van der Waals surface area contributed by atoms with Gasteiger partial charge >= 0.3 is 13.8 Å². The number of phosphoric ester groups is 1. The van der Waals surface area contributed by atoms with Crippen LogP contribution in [0.5, 0.6) is 0 Å². The summed E-state index contributed by atoms with van der Waals surface area (Å²) in [7, 11) is 1.47. The van der Waals surface area contributed by atoms with Gasteiger partial charge < -0.3 is 19.4 Å². The van der Waals surface area contributed by atoms with Crippen molar-refractivity contribution >= 4 is 19.7 Å². The Labute approximate surface area is 502 Å². The van der Waals surface area contributed by atoms with Crippen LogP contribution in [-0.4, -0.2) is 74.3 Å². The van der Waals surface area contributed by atoms with Crippen LogP contribution >= 0.6 is 7.82 Å². The molecule has 2 N–H and O–H groups in total. The van der Waals surface area contributed by atoms with Gasteiger partial charge in [0.15, 0.2) is 0 Å². The Morgan fingerprint density at radius 2 is 0.802 bits per heavy atom. The van der Waals surface area contributed by atoms with Gasteiger partial charge in [-0.3, -0.25) is 18.6 Å². The van der Waals surface area contributed by atoms with Crippen molar-refractivity contribution in [2.75, 3.05) is 40.9 Å². The van der Waals surface area contributed by atoms with Crippen LogP contribution < -0.4 is 5.32 Å². The summed E-state index contributed by atoms with van der Waals surface area (Å²) in [5.41, 5.74) is 0. The van der Waals surface area contributed by atoms with Crippen molar-refractivity contribution in [1.29, 1.82) is 0 Å². The van der Waals surface area contributed by atoms with Crippen LogP contribution in [-0.2, 0) is 27.9 Å². The molecule has 0 saturated carbocycles. The van der Waals surface area contributed by atoms with Gasteiger partial charge in [0.05, 0.1) is 33.8 Å². The molecule has 0 aliphatic heterocycles. The van der Waals surface area contributed by atoms with Crippen molar-refractivity contribution in [1.82, 2.24) is 5.32 Å². The molecule has 472 valence electrons. The summed E-state index contributed by atoms with van der Waals surface area (Å²) in [6, 6.07) is -0.872. The summed E-state index contributed by atoms with van der Waals surface area (Å²) in [5.74, 6) is -0.565. The number of unbranched alkanes of at least 4 members (excludes halogenated alkanes) is 36. The first-order chi connectivity index (χ1) is 39.4. The van der Waals surface area contributed by atoms with E-state index in [-0.39, 0.29) is 31.5 Å². The zero-order valence-corrected chi connectivity index (χ0v) is 54.9. The van der Waals surface area contributed by atoms with Crippen molar-refractivity contribution < 1.29 is 37.3 Å². The normalized spacial score (nSPS) is 14.0. The number of hydrogen-bond acceptors (Lipinski definition) is 6. The lowest BCUT2D eigenvalue weighted by Crippen LogP contribution is -2.47. The molecule has 10 heteroatoms. The zero-order chi connectivity index (χ0) is 59.3. The molecule has 0 saturated heterocycles. The fraction of sp³-hybridized carbons (Fsp3) is 0.803. The standard InChI is InChI=1S/C71H131N2O7P/c1-7-10-13-16-19-22-25-27-29-31-32-33-34-35-36-37-38-39-40-42-43-45-48-51-54-57-60-63-70(74)72-68(67-79-81(76,77)78-66-65-73(4,5)6)69(62-59-56-53-50-47-24-21-18-15-12-9-3)80-71(75)64-61-58-55-52-49-46-44-41-30-28-26-23-20-17-14-11-8-2/h11,14,20,23,28,30,44,46,52,55,59,62,68-69H,7-10,12-13,15-19,21-22,24-27,29,31-43,45,47-51,53-54,56-58,60-61,63-67H2,1-6H3,(H-,72,74,76,77)/p+1/b14-11-,23-20-,30-28-,46-44-,55-52-,62-59-. The Bertz CT molecular complexity index is 1620. The van der Waals surface area contributed by atoms with Gasteiger partial charge in [0.2, 0.25) is 5.91 Å². The van der Waals surface area contributed by atoms with Crippen LogP contribution in [0.25, 0.3) is 0 Å². The highest BCUT2D eigenvalue weighted by atomic mass is 31.2. The first kappa shape index (κ1) is 78.5. The Hall–Kier alpha value is -2.55. The van der Waals surface area contributed by atoms with Gasteiger partial charge in [0, 0.05) is 12.8 Å². The van der Waals surface area contributed by atoms with E-state index in [1.165, 1.54) is 199 Å². The fourth-order valence-electron chi connectivity index (χ4n) is 9.92. The van der Waals surface area contributed by atoms with Gasteiger partial charge in [-0.1, -0.05) is 306 Å². The van der Waals surface area contributed by atoms with Crippen molar-refractivity contribution in [2.24, 2.45) is 0 Å². The molecule has 0 aromatic carbocycles. The molecule has 0 aromatic rings. The first-order valence-electron chi connectivity index (χ1n) is 34.3. The number of nitrogens with zero attached hydrogens (tertiary/aromatic N) is 1. The summed E-state index contributed by atoms with van der Waals surface area (Å²) in [6.07, 6.45) is 79.4. The first-order valence-corrected chi connectivity index (χ1v) is 35.8. The van der Waals surface area contributed by atoms with E-state index < -0.39 is 20.0 Å². The number of hydrogen-bond donors (Lipinski definition) is 2. The van der Waals surface area contributed by atoms with E-state index >= 15 is 0 Å². The van der Waals surface area contributed by atoms with Crippen LogP contribution in [0.1, 0.15) is 316 Å². The van der Waals surface area contributed by atoms with Gasteiger partial charge in [0.1, 0.15) is 19.3 Å². The van der Waals surface area contributed by atoms with Crippen LogP contribution in [0, 0.1) is 0 Å². The average Bonchev–Trinajstić information content (AvgIpc) is 3.43. The number of carbonyl (C=O) groups is 2. The van der Waals surface area contributed by atoms with Gasteiger partial charge in [-0.05, 0) is 70.3 Å². The van der Waals surface area contributed by atoms with Gasteiger partial charge in [-0.15, -0.1) is 0 Å².